The van der Waals surface area contributed by atoms with Crippen molar-refractivity contribution in [1.82, 2.24) is 0 Å². The van der Waals surface area contributed by atoms with Gasteiger partial charge in [-0.05, 0) is 26.2 Å². The third-order valence-corrected chi connectivity index (χ3v) is 3.35. The molecule has 1 saturated heterocycles. The molecule has 0 amide bonds. The predicted octanol–water partition coefficient (Wildman–Crippen LogP) is 2.71. The monoisotopic (exact) mass is 216 g/mol. The Bertz CT molecular complexity index is 227. The lowest BCUT2D eigenvalue weighted by molar-refractivity contribution is -0.0958. The Morgan fingerprint density at radius 2 is 2.43 bits per heavy atom. The van der Waals surface area contributed by atoms with Crippen LogP contribution >= 0.6 is 11.6 Å². The molecule has 0 N–H and O–H groups in total. The van der Waals surface area contributed by atoms with Gasteiger partial charge in [-0.25, -0.2) is 0 Å². The molecule has 2 nitrogen and oxygen atoms in total. The quantitative estimate of drug-likeness (QED) is 0.522. The van der Waals surface area contributed by atoms with E-state index in [-0.39, 0.29) is 12.4 Å². The molecule has 1 aliphatic carbocycles. The fraction of sp³-hybridized carbons (Fsp3) is 0.818. The maximum atomic E-state index is 5.72. The predicted molar refractivity (Wildman–Crippen MR) is 56.4 cm³/mol. The van der Waals surface area contributed by atoms with E-state index >= 15 is 0 Å². The summed E-state index contributed by atoms with van der Waals surface area (Å²) in [7, 11) is 0. The summed E-state index contributed by atoms with van der Waals surface area (Å²) in [4.78, 5) is 0. The van der Waals surface area contributed by atoms with Crippen LogP contribution < -0.4 is 0 Å². The van der Waals surface area contributed by atoms with Gasteiger partial charge in [0.15, 0.2) is 6.29 Å². The van der Waals surface area contributed by atoms with Crippen LogP contribution in [-0.4, -0.2) is 24.9 Å². The lowest BCUT2D eigenvalue weighted by Gasteiger charge is -2.25. The van der Waals surface area contributed by atoms with Crippen molar-refractivity contribution in [1.29, 1.82) is 0 Å². The smallest absolute Gasteiger partial charge is 0.161 e. The van der Waals surface area contributed by atoms with E-state index in [0.29, 0.717) is 18.4 Å². The molecule has 0 radical (unpaired) electrons. The van der Waals surface area contributed by atoms with E-state index in [2.05, 4.69) is 13.0 Å². The fourth-order valence-corrected chi connectivity index (χ4v) is 2.19. The maximum absolute atomic E-state index is 5.72. The molecule has 0 aromatic heterocycles. The maximum Gasteiger partial charge on any atom is 0.161 e. The van der Waals surface area contributed by atoms with Crippen LogP contribution in [0.4, 0.5) is 0 Å². The molecule has 1 aliphatic heterocycles. The van der Waals surface area contributed by atoms with Gasteiger partial charge in [0.2, 0.25) is 0 Å². The molecule has 80 valence electrons. The van der Waals surface area contributed by atoms with Crippen molar-refractivity contribution < 1.29 is 9.47 Å². The number of alkyl halides is 1. The van der Waals surface area contributed by atoms with Gasteiger partial charge in [0.05, 0.1) is 18.6 Å². The Labute approximate surface area is 90.2 Å². The molecule has 1 fully saturated rings. The number of hydrogen-bond acceptors (Lipinski definition) is 2. The molecule has 3 unspecified atom stereocenters. The van der Waals surface area contributed by atoms with Gasteiger partial charge >= 0.3 is 0 Å². The SMILES string of the molecule is CC1=CCC(C2OCC(CCl)O2)CC1. The summed E-state index contributed by atoms with van der Waals surface area (Å²) in [5.74, 6) is 1.07. The second-order valence-electron chi connectivity index (χ2n) is 4.20. The molecule has 3 heteroatoms. The first-order valence-corrected chi connectivity index (χ1v) is 5.81. The number of halogens is 1. The third kappa shape index (κ3) is 2.30. The summed E-state index contributed by atoms with van der Waals surface area (Å²) in [5, 5.41) is 0. The number of rotatable bonds is 2. The standard InChI is InChI=1S/C11H17ClO2/c1-8-2-4-9(5-3-8)11-13-7-10(6-12)14-11/h2,9-11H,3-7H2,1H3. The van der Waals surface area contributed by atoms with E-state index < -0.39 is 0 Å². The van der Waals surface area contributed by atoms with Gasteiger partial charge in [-0.1, -0.05) is 11.6 Å². The van der Waals surface area contributed by atoms with Crippen molar-refractivity contribution >= 4 is 11.6 Å². The Kier molecular flexibility index (Phi) is 3.47. The summed E-state index contributed by atoms with van der Waals surface area (Å²) in [6, 6.07) is 0. The first kappa shape index (κ1) is 10.5. The zero-order valence-electron chi connectivity index (χ0n) is 8.54. The Morgan fingerprint density at radius 1 is 1.57 bits per heavy atom. The van der Waals surface area contributed by atoms with Gasteiger partial charge in [0.1, 0.15) is 0 Å². The Hall–Kier alpha value is -0.0500. The number of allylic oxidation sites excluding steroid dienone is 2. The molecule has 0 spiro atoms. The molecular formula is C11H17ClO2. The van der Waals surface area contributed by atoms with Crippen LogP contribution in [-0.2, 0) is 9.47 Å². The molecular weight excluding hydrogens is 200 g/mol. The van der Waals surface area contributed by atoms with Gasteiger partial charge in [-0.2, -0.15) is 0 Å². The minimum Gasteiger partial charge on any atom is -0.350 e. The van der Waals surface area contributed by atoms with Crippen LogP contribution in [0.3, 0.4) is 0 Å². The van der Waals surface area contributed by atoms with E-state index in [9.17, 15) is 0 Å². The topological polar surface area (TPSA) is 18.5 Å². The first-order chi connectivity index (χ1) is 6.79. The van der Waals surface area contributed by atoms with Crippen LogP contribution in [0.15, 0.2) is 11.6 Å². The van der Waals surface area contributed by atoms with Crippen molar-refractivity contribution in [3.63, 3.8) is 0 Å². The molecule has 0 aromatic carbocycles. The first-order valence-electron chi connectivity index (χ1n) is 5.28. The van der Waals surface area contributed by atoms with Gasteiger partial charge in [-0.3, -0.25) is 0 Å². The second kappa shape index (κ2) is 4.65. The highest BCUT2D eigenvalue weighted by atomic mass is 35.5. The fourth-order valence-electron chi connectivity index (χ4n) is 2.03. The van der Waals surface area contributed by atoms with Gasteiger partial charge in [0, 0.05) is 5.92 Å². The minimum atomic E-state index is -0.0110. The van der Waals surface area contributed by atoms with Crippen molar-refractivity contribution in [2.45, 2.75) is 38.6 Å². The summed E-state index contributed by atoms with van der Waals surface area (Å²) in [6.07, 6.45) is 5.85. The summed E-state index contributed by atoms with van der Waals surface area (Å²) in [5.41, 5.74) is 1.49. The molecule has 0 bridgehead atoms. The van der Waals surface area contributed by atoms with E-state index in [1.165, 1.54) is 18.4 Å². The van der Waals surface area contributed by atoms with Crippen molar-refractivity contribution in [2.24, 2.45) is 5.92 Å². The third-order valence-electron chi connectivity index (χ3n) is 3.01. The highest BCUT2D eigenvalue weighted by Crippen LogP contribution is 2.31. The van der Waals surface area contributed by atoms with Crippen LogP contribution in [0.2, 0.25) is 0 Å². The van der Waals surface area contributed by atoms with Crippen LogP contribution in [0, 0.1) is 5.92 Å². The second-order valence-corrected chi connectivity index (χ2v) is 4.51. The molecule has 14 heavy (non-hydrogen) atoms. The lowest BCUT2D eigenvalue weighted by Crippen LogP contribution is -2.24. The summed E-state index contributed by atoms with van der Waals surface area (Å²) >= 11 is 5.72. The average molecular weight is 217 g/mol. The van der Waals surface area contributed by atoms with Gasteiger partial charge in [0.25, 0.3) is 0 Å². The van der Waals surface area contributed by atoms with E-state index in [1.807, 2.05) is 0 Å². The Balaban J connectivity index is 1.85. The van der Waals surface area contributed by atoms with Crippen LogP contribution in [0.1, 0.15) is 26.2 Å². The number of hydrogen-bond donors (Lipinski definition) is 0. The van der Waals surface area contributed by atoms with Crippen molar-refractivity contribution in [2.75, 3.05) is 12.5 Å². The van der Waals surface area contributed by atoms with Gasteiger partial charge in [-0.15, -0.1) is 11.6 Å². The average Bonchev–Trinajstić information content (AvgIpc) is 2.67. The van der Waals surface area contributed by atoms with E-state index in [0.717, 1.165) is 6.42 Å². The van der Waals surface area contributed by atoms with E-state index in [1.54, 1.807) is 0 Å². The zero-order valence-corrected chi connectivity index (χ0v) is 9.30. The molecule has 0 aromatic rings. The van der Waals surface area contributed by atoms with Crippen LogP contribution in [0.5, 0.6) is 0 Å². The van der Waals surface area contributed by atoms with Gasteiger partial charge < -0.3 is 9.47 Å². The van der Waals surface area contributed by atoms with Crippen LogP contribution in [0.25, 0.3) is 0 Å². The minimum absolute atomic E-state index is 0.0110. The lowest BCUT2D eigenvalue weighted by atomic mass is 9.90. The van der Waals surface area contributed by atoms with Crippen molar-refractivity contribution in [3.05, 3.63) is 11.6 Å². The largest absolute Gasteiger partial charge is 0.350 e. The van der Waals surface area contributed by atoms with Crippen molar-refractivity contribution in [3.8, 4) is 0 Å². The highest BCUT2D eigenvalue weighted by molar-refractivity contribution is 6.18. The van der Waals surface area contributed by atoms with E-state index in [4.69, 9.17) is 21.1 Å². The molecule has 0 saturated carbocycles. The summed E-state index contributed by atoms with van der Waals surface area (Å²) in [6.45, 7) is 2.85. The molecule has 1 heterocycles. The highest BCUT2D eigenvalue weighted by Gasteiger charge is 2.32. The zero-order chi connectivity index (χ0) is 9.97. The number of ether oxygens (including phenoxy) is 2. The summed E-state index contributed by atoms with van der Waals surface area (Å²) < 4.78 is 11.3. The molecule has 2 aliphatic rings. The Morgan fingerprint density at radius 3 is 3.00 bits per heavy atom. The normalized spacial score (nSPS) is 38.4. The molecule has 3 atom stereocenters. The molecule has 2 rings (SSSR count).